The van der Waals surface area contributed by atoms with Crippen LogP contribution in [0.3, 0.4) is 0 Å². The first-order chi connectivity index (χ1) is 9.96. The number of nitrogens with zero attached hydrogens (tertiary/aromatic N) is 1. The van der Waals surface area contributed by atoms with Gasteiger partial charge in [-0.1, -0.05) is 63.4 Å². The second kappa shape index (κ2) is 8.06. The van der Waals surface area contributed by atoms with Gasteiger partial charge in [0.2, 0.25) is 0 Å². The van der Waals surface area contributed by atoms with Crippen molar-refractivity contribution in [1.82, 2.24) is 4.90 Å². The summed E-state index contributed by atoms with van der Waals surface area (Å²) in [5.74, 6) is 0. The molecule has 0 spiro atoms. The van der Waals surface area contributed by atoms with Crippen molar-refractivity contribution >= 4 is 6.09 Å². The van der Waals surface area contributed by atoms with E-state index in [9.17, 15) is 9.90 Å². The number of amides is 1. The van der Waals surface area contributed by atoms with Crippen molar-refractivity contribution in [3.8, 4) is 0 Å². The van der Waals surface area contributed by atoms with E-state index in [0.717, 1.165) is 37.7 Å². The zero-order chi connectivity index (χ0) is 15.9. The second-order valence-corrected chi connectivity index (χ2v) is 6.03. The van der Waals surface area contributed by atoms with Gasteiger partial charge >= 0.3 is 0 Å². The topological polar surface area (TPSA) is 43.4 Å². The Balaban J connectivity index is 3.00. The van der Waals surface area contributed by atoms with Crippen molar-refractivity contribution < 1.29 is 9.90 Å². The lowest BCUT2D eigenvalue weighted by Gasteiger charge is -2.47. The van der Waals surface area contributed by atoms with Gasteiger partial charge in [0.25, 0.3) is 0 Å². The van der Waals surface area contributed by atoms with E-state index in [4.69, 9.17) is 0 Å². The van der Waals surface area contributed by atoms with Crippen LogP contribution in [0, 0.1) is 0 Å². The van der Waals surface area contributed by atoms with Crippen molar-refractivity contribution in [2.45, 2.75) is 71.4 Å². The van der Waals surface area contributed by atoms with Crippen LogP contribution in [0.2, 0.25) is 0 Å². The maximum absolute atomic E-state index is 11.8. The number of hydrogen-bond acceptors (Lipinski definition) is 2. The van der Waals surface area contributed by atoms with Crippen molar-refractivity contribution in [3.05, 3.63) is 35.9 Å². The van der Waals surface area contributed by atoms with E-state index >= 15 is 0 Å². The molecule has 2 unspecified atom stereocenters. The Hall–Kier alpha value is -1.51. The maximum atomic E-state index is 11.8. The van der Waals surface area contributed by atoms with Crippen LogP contribution in [-0.2, 0) is 0 Å². The predicted molar refractivity (Wildman–Crippen MR) is 84.9 cm³/mol. The highest BCUT2D eigenvalue weighted by molar-refractivity contribution is 5.64. The third-order valence-corrected chi connectivity index (χ3v) is 4.53. The molecular weight excluding hydrogens is 262 g/mol. The first kappa shape index (κ1) is 17.5. The molecular formula is C18H28NO2-. The molecule has 0 radical (unpaired) electrons. The molecule has 118 valence electrons. The van der Waals surface area contributed by atoms with Crippen LogP contribution in [-0.4, -0.2) is 16.5 Å². The fourth-order valence-corrected chi connectivity index (χ4v) is 2.95. The smallest absolute Gasteiger partial charge is 0.137 e. The third kappa shape index (κ3) is 4.48. The van der Waals surface area contributed by atoms with Gasteiger partial charge in [0.05, 0.1) is 6.04 Å². The minimum Gasteiger partial charge on any atom is -0.530 e. The van der Waals surface area contributed by atoms with Crippen LogP contribution in [0.4, 0.5) is 4.79 Å². The van der Waals surface area contributed by atoms with Gasteiger partial charge in [-0.25, -0.2) is 0 Å². The molecule has 0 fully saturated rings. The predicted octanol–water partition coefficient (Wildman–Crippen LogP) is 4.14. The summed E-state index contributed by atoms with van der Waals surface area (Å²) < 4.78 is 0. The van der Waals surface area contributed by atoms with Crippen molar-refractivity contribution in [3.63, 3.8) is 0 Å². The number of carbonyl (C=O) groups excluding carboxylic acids is 1. The Kier molecular flexibility index (Phi) is 6.73. The van der Waals surface area contributed by atoms with Crippen LogP contribution >= 0.6 is 0 Å². The molecule has 1 rings (SSSR count). The van der Waals surface area contributed by atoms with Gasteiger partial charge in [-0.05, 0) is 32.3 Å². The molecule has 0 aliphatic heterocycles. The van der Waals surface area contributed by atoms with Crippen LogP contribution < -0.4 is 5.11 Å². The van der Waals surface area contributed by atoms with E-state index < -0.39 is 6.09 Å². The Morgan fingerprint density at radius 2 is 1.86 bits per heavy atom. The first-order valence-electron chi connectivity index (χ1n) is 8.01. The van der Waals surface area contributed by atoms with E-state index in [0.29, 0.717) is 0 Å². The third-order valence-electron chi connectivity index (χ3n) is 4.53. The Bertz CT molecular complexity index is 432. The lowest BCUT2D eigenvalue weighted by Crippen LogP contribution is -2.55. The fourth-order valence-electron chi connectivity index (χ4n) is 2.95. The Morgan fingerprint density at radius 3 is 2.33 bits per heavy atom. The average molecular weight is 290 g/mol. The van der Waals surface area contributed by atoms with E-state index in [-0.39, 0.29) is 11.6 Å². The Labute approximate surface area is 129 Å². The molecule has 0 aromatic heterocycles. The molecule has 0 heterocycles. The van der Waals surface area contributed by atoms with Crippen LogP contribution in [0.15, 0.2) is 30.3 Å². The SMILES string of the molecule is CCCCCC(C)(CC)N(C(=O)[O-])C(C)c1ccccc1. The second-order valence-electron chi connectivity index (χ2n) is 6.03. The zero-order valence-corrected chi connectivity index (χ0v) is 13.8. The van der Waals surface area contributed by atoms with E-state index in [2.05, 4.69) is 13.8 Å². The number of carbonyl (C=O) groups is 1. The molecule has 0 bridgehead atoms. The Morgan fingerprint density at radius 1 is 1.24 bits per heavy atom. The van der Waals surface area contributed by atoms with Crippen molar-refractivity contribution in [2.24, 2.45) is 0 Å². The molecule has 3 nitrogen and oxygen atoms in total. The summed E-state index contributed by atoms with van der Waals surface area (Å²) in [5.41, 5.74) is 0.639. The largest absolute Gasteiger partial charge is 0.530 e. The fraction of sp³-hybridized carbons (Fsp3) is 0.611. The molecule has 3 heteroatoms. The minimum atomic E-state index is -1.08. The number of unbranched alkanes of at least 4 members (excludes halogenated alkanes) is 2. The van der Waals surface area contributed by atoms with E-state index in [1.165, 1.54) is 4.90 Å². The molecule has 0 N–H and O–H groups in total. The summed E-state index contributed by atoms with van der Waals surface area (Å²) in [7, 11) is 0. The molecule has 1 aromatic carbocycles. The number of rotatable bonds is 8. The maximum Gasteiger partial charge on any atom is 0.137 e. The van der Waals surface area contributed by atoms with Gasteiger partial charge in [0.1, 0.15) is 6.09 Å². The molecule has 0 saturated heterocycles. The average Bonchev–Trinajstić information content (AvgIpc) is 2.48. The molecule has 0 saturated carbocycles. The van der Waals surface area contributed by atoms with Gasteiger partial charge < -0.3 is 14.8 Å². The van der Waals surface area contributed by atoms with Crippen LogP contribution in [0.5, 0.6) is 0 Å². The summed E-state index contributed by atoms with van der Waals surface area (Å²) in [6, 6.07) is 9.59. The molecule has 21 heavy (non-hydrogen) atoms. The minimum absolute atomic E-state index is 0.192. The van der Waals surface area contributed by atoms with Gasteiger partial charge in [0, 0.05) is 5.54 Å². The van der Waals surface area contributed by atoms with Crippen molar-refractivity contribution in [2.75, 3.05) is 0 Å². The normalized spacial score (nSPS) is 15.2. The highest BCUT2D eigenvalue weighted by atomic mass is 16.4. The molecule has 2 atom stereocenters. The number of hydrogen-bond donors (Lipinski definition) is 0. The monoisotopic (exact) mass is 290 g/mol. The first-order valence-corrected chi connectivity index (χ1v) is 8.01. The highest BCUT2D eigenvalue weighted by Gasteiger charge is 2.33. The van der Waals surface area contributed by atoms with E-state index in [1.807, 2.05) is 44.2 Å². The van der Waals surface area contributed by atoms with Crippen molar-refractivity contribution in [1.29, 1.82) is 0 Å². The molecule has 1 aromatic rings. The summed E-state index contributed by atoms with van der Waals surface area (Å²) in [5, 5.41) is 11.8. The summed E-state index contributed by atoms with van der Waals surface area (Å²) in [4.78, 5) is 13.3. The van der Waals surface area contributed by atoms with Crippen LogP contribution in [0.1, 0.15) is 71.4 Å². The molecule has 0 aliphatic rings. The number of benzene rings is 1. The number of carboxylic acid groups (broad SMARTS) is 1. The summed E-state index contributed by atoms with van der Waals surface area (Å²) in [6.45, 7) is 8.20. The van der Waals surface area contributed by atoms with Gasteiger partial charge in [-0.2, -0.15) is 0 Å². The van der Waals surface area contributed by atoms with E-state index in [1.54, 1.807) is 0 Å². The summed E-state index contributed by atoms with van der Waals surface area (Å²) in [6.07, 6.45) is 3.92. The lowest BCUT2D eigenvalue weighted by molar-refractivity contribution is -0.275. The standard InChI is InChI=1S/C18H29NO2/c1-5-7-11-14-18(4,6-2)19(17(20)21)15(3)16-12-9-8-10-13-16/h8-10,12-13,15H,5-7,11,14H2,1-4H3,(H,20,21)/p-1. The van der Waals surface area contributed by atoms with Gasteiger partial charge in [0.15, 0.2) is 0 Å². The summed E-state index contributed by atoms with van der Waals surface area (Å²) >= 11 is 0. The molecule has 1 amide bonds. The quantitative estimate of drug-likeness (QED) is 0.675. The van der Waals surface area contributed by atoms with Gasteiger partial charge in [-0.3, -0.25) is 0 Å². The lowest BCUT2D eigenvalue weighted by atomic mass is 9.87. The zero-order valence-electron chi connectivity index (χ0n) is 13.8. The van der Waals surface area contributed by atoms with Gasteiger partial charge in [-0.15, -0.1) is 0 Å². The van der Waals surface area contributed by atoms with Crippen LogP contribution in [0.25, 0.3) is 0 Å². The molecule has 0 aliphatic carbocycles. The highest BCUT2D eigenvalue weighted by Crippen LogP contribution is 2.33.